The van der Waals surface area contributed by atoms with Crippen LogP contribution in [0.4, 0.5) is 5.69 Å². The number of hydrogen-bond donors (Lipinski definition) is 1. The second kappa shape index (κ2) is 6.05. The van der Waals surface area contributed by atoms with Crippen molar-refractivity contribution in [2.45, 2.75) is 0 Å². The normalized spacial score (nSPS) is 10.2. The minimum atomic E-state index is -0.618. The molecule has 0 spiro atoms. The standard InChI is InChI=1S/C17H12N2O3/c20-16(12-6-2-1-3-7-12)19-14-9-10-15(22-17(14)21)13-8-4-5-11-18-13/h1-11H,(H,19,20). The smallest absolute Gasteiger partial charge is 0.360 e. The van der Waals surface area contributed by atoms with Crippen molar-refractivity contribution in [3.05, 3.63) is 82.8 Å². The van der Waals surface area contributed by atoms with Crippen molar-refractivity contribution >= 4 is 11.6 Å². The first kappa shape index (κ1) is 13.8. The first-order valence-corrected chi connectivity index (χ1v) is 6.66. The fourth-order valence-corrected chi connectivity index (χ4v) is 1.94. The van der Waals surface area contributed by atoms with E-state index >= 15 is 0 Å². The molecule has 0 aliphatic carbocycles. The Kier molecular flexibility index (Phi) is 3.78. The second-order valence-corrected chi connectivity index (χ2v) is 4.54. The highest BCUT2D eigenvalue weighted by Crippen LogP contribution is 2.16. The topological polar surface area (TPSA) is 72.2 Å². The number of amides is 1. The van der Waals surface area contributed by atoms with Gasteiger partial charge in [-0.05, 0) is 36.4 Å². The van der Waals surface area contributed by atoms with Gasteiger partial charge in [-0.15, -0.1) is 0 Å². The summed E-state index contributed by atoms with van der Waals surface area (Å²) >= 11 is 0. The average molecular weight is 292 g/mol. The molecule has 2 aromatic heterocycles. The molecule has 3 rings (SSSR count). The number of carbonyl (C=O) groups is 1. The van der Waals surface area contributed by atoms with Gasteiger partial charge in [-0.25, -0.2) is 4.79 Å². The number of nitrogens with one attached hydrogen (secondary N) is 1. The molecule has 0 fully saturated rings. The zero-order valence-electron chi connectivity index (χ0n) is 11.5. The van der Waals surface area contributed by atoms with E-state index in [-0.39, 0.29) is 11.6 Å². The Labute approximate surface area is 126 Å². The van der Waals surface area contributed by atoms with Gasteiger partial charge in [0, 0.05) is 11.8 Å². The molecule has 0 radical (unpaired) electrons. The summed E-state index contributed by atoms with van der Waals surface area (Å²) in [6.07, 6.45) is 1.61. The minimum Gasteiger partial charge on any atom is -0.420 e. The molecule has 2 heterocycles. The van der Waals surface area contributed by atoms with Crippen molar-refractivity contribution < 1.29 is 9.21 Å². The lowest BCUT2D eigenvalue weighted by molar-refractivity contribution is 0.102. The molecule has 0 saturated carbocycles. The third kappa shape index (κ3) is 2.93. The number of rotatable bonds is 3. The highest BCUT2D eigenvalue weighted by atomic mass is 16.4. The lowest BCUT2D eigenvalue weighted by Gasteiger charge is -2.05. The maximum Gasteiger partial charge on any atom is 0.360 e. The molecular weight excluding hydrogens is 280 g/mol. The fourth-order valence-electron chi connectivity index (χ4n) is 1.94. The monoisotopic (exact) mass is 292 g/mol. The van der Waals surface area contributed by atoms with Crippen LogP contribution >= 0.6 is 0 Å². The Hall–Kier alpha value is -3.21. The first-order chi connectivity index (χ1) is 10.7. The summed E-state index contributed by atoms with van der Waals surface area (Å²) in [5.41, 5.74) is 0.497. The van der Waals surface area contributed by atoms with Crippen LogP contribution in [0, 0.1) is 0 Å². The van der Waals surface area contributed by atoms with Crippen LogP contribution in [0.5, 0.6) is 0 Å². The van der Waals surface area contributed by atoms with Crippen LogP contribution < -0.4 is 10.9 Å². The van der Waals surface area contributed by atoms with Gasteiger partial charge in [0.05, 0.1) is 0 Å². The molecule has 0 saturated heterocycles. The number of pyridine rings is 1. The zero-order valence-corrected chi connectivity index (χ0v) is 11.5. The highest BCUT2D eigenvalue weighted by molar-refractivity contribution is 6.04. The highest BCUT2D eigenvalue weighted by Gasteiger charge is 2.10. The van der Waals surface area contributed by atoms with Crippen LogP contribution in [0.15, 0.2) is 76.1 Å². The number of benzene rings is 1. The quantitative estimate of drug-likeness (QED) is 0.805. The summed E-state index contributed by atoms with van der Waals surface area (Å²) in [5.74, 6) is -0.0122. The van der Waals surface area contributed by atoms with Crippen molar-refractivity contribution in [1.29, 1.82) is 0 Å². The maximum absolute atomic E-state index is 12.0. The number of anilines is 1. The Morgan fingerprint density at radius 2 is 1.73 bits per heavy atom. The van der Waals surface area contributed by atoms with E-state index in [1.54, 1.807) is 54.7 Å². The molecular formula is C17H12N2O3. The lowest BCUT2D eigenvalue weighted by atomic mass is 10.2. The van der Waals surface area contributed by atoms with Crippen molar-refractivity contribution in [3.63, 3.8) is 0 Å². The third-order valence-corrected chi connectivity index (χ3v) is 3.03. The predicted molar refractivity (Wildman–Crippen MR) is 82.6 cm³/mol. The van der Waals surface area contributed by atoms with Crippen LogP contribution in [0.2, 0.25) is 0 Å². The van der Waals surface area contributed by atoms with Crippen LogP contribution in [-0.4, -0.2) is 10.9 Å². The van der Waals surface area contributed by atoms with E-state index in [0.29, 0.717) is 17.0 Å². The summed E-state index contributed by atoms with van der Waals surface area (Å²) < 4.78 is 5.20. The molecule has 3 aromatic rings. The molecule has 108 valence electrons. The molecule has 0 aliphatic heterocycles. The number of aromatic nitrogens is 1. The minimum absolute atomic E-state index is 0.0912. The van der Waals surface area contributed by atoms with Gasteiger partial charge in [0.1, 0.15) is 11.4 Å². The molecule has 0 unspecified atom stereocenters. The van der Waals surface area contributed by atoms with E-state index in [4.69, 9.17) is 4.42 Å². The van der Waals surface area contributed by atoms with Crippen molar-refractivity contribution in [2.75, 3.05) is 5.32 Å². The van der Waals surface area contributed by atoms with Crippen LogP contribution in [-0.2, 0) is 0 Å². The van der Waals surface area contributed by atoms with E-state index in [1.807, 2.05) is 6.07 Å². The second-order valence-electron chi connectivity index (χ2n) is 4.54. The Bertz CT molecular complexity index is 843. The molecule has 0 bridgehead atoms. The van der Waals surface area contributed by atoms with Crippen LogP contribution in [0.25, 0.3) is 11.5 Å². The molecule has 5 nitrogen and oxygen atoms in total. The third-order valence-electron chi connectivity index (χ3n) is 3.03. The van der Waals surface area contributed by atoms with Crippen LogP contribution in [0.1, 0.15) is 10.4 Å². The van der Waals surface area contributed by atoms with Gasteiger partial charge >= 0.3 is 5.63 Å². The summed E-state index contributed by atoms with van der Waals surface area (Å²) in [6, 6.07) is 17.1. The molecule has 1 N–H and O–H groups in total. The fraction of sp³-hybridized carbons (Fsp3) is 0. The summed E-state index contributed by atoms with van der Waals surface area (Å²) in [7, 11) is 0. The maximum atomic E-state index is 12.0. The van der Waals surface area contributed by atoms with E-state index in [9.17, 15) is 9.59 Å². The Balaban J connectivity index is 1.85. The van der Waals surface area contributed by atoms with Crippen molar-refractivity contribution in [3.8, 4) is 11.5 Å². The molecule has 0 atom stereocenters. The number of nitrogens with zero attached hydrogens (tertiary/aromatic N) is 1. The van der Waals surface area contributed by atoms with Crippen LogP contribution in [0.3, 0.4) is 0 Å². The van der Waals surface area contributed by atoms with E-state index in [0.717, 1.165) is 0 Å². The Morgan fingerprint density at radius 3 is 2.41 bits per heavy atom. The first-order valence-electron chi connectivity index (χ1n) is 6.66. The Morgan fingerprint density at radius 1 is 0.955 bits per heavy atom. The molecule has 22 heavy (non-hydrogen) atoms. The molecule has 0 aliphatic rings. The van der Waals surface area contributed by atoms with E-state index < -0.39 is 5.63 Å². The van der Waals surface area contributed by atoms with E-state index in [1.165, 1.54) is 6.07 Å². The van der Waals surface area contributed by atoms with Gasteiger partial charge in [-0.2, -0.15) is 0 Å². The summed E-state index contributed by atoms with van der Waals surface area (Å²) in [6.45, 7) is 0. The summed E-state index contributed by atoms with van der Waals surface area (Å²) in [4.78, 5) is 28.1. The van der Waals surface area contributed by atoms with Gasteiger partial charge < -0.3 is 9.73 Å². The molecule has 5 heteroatoms. The van der Waals surface area contributed by atoms with Gasteiger partial charge in [-0.3, -0.25) is 9.78 Å². The number of hydrogen-bond acceptors (Lipinski definition) is 4. The van der Waals surface area contributed by atoms with Gasteiger partial charge in [-0.1, -0.05) is 24.3 Å². The van der Waals surface area contributed by atoms with Crippen molar-refractivity contribution in [1.82, 2.24) is 4.98 Å². The van der Waals surface area contributed by atoms with Gasteiger partial charge in [0.2, 0.25) is 0 Å². The number of carbonyl (C=O) groups excluding carboxylic acids is 1. The van der Waals surface area contributed by atoms with Gasteiger partial charge in [0.25, 0.3) is 5.91 Å². The molecule has 1 amide bonds. The largest absolute Gasteiger partial charge is 0.420 e. The van der Waals surface area contributed by atoms with E-state index in [2.05, 4.69) is 10.3 Å². The molecule has 1 aromatic carbocycles. The average Bonchev–Trinajstić information content (AvgIpc) is 2.58. The van der Waals surface area contributed by atoms with Crippen molar-refractivity contribution in [2.24, 2.45) is 0 Å². The lowest BCUT2D eigenvalue weighted by Crippen LogP contribution is -2.17. The van der Waals surface area contributed by atoms with Gasteiger partial charge in [0.15, 0.2) is 5.76 Å². The SMILES string of the molecule is O=C(Nc1ccc(-c2ccccn2)oc1=O)c1ccccc1. The predicted octanol–water partition coefficient (Wildman–Crippen LogP) is 2.95. The zero-order chi connectivity index (χ0) is 15.4. The summed E-state index contributed by atoms with van der Waals surface area (Å²) in [5, 5.41) is 2.54.